The fourth-order valence-corrected chi connectivity index (χ4v) is 2.69. The summed E-state index contributed by atoms with van der Waals surface area (Å²) >= 11 is 0. The van der Waals surface area contributed by atoms with Gasteiger partial charge < -0.3 is 10.2 Å². The zero-order valence-electron chi connectivity index (χ0n) is 9.95. The third-order valence-corrected chi connectivity index (χ3v) is 4.03. The van der Waals surface area contributed by atoms with E-state index < -0.39 is 0 Å². The highest BCUT2D eigenvalue weighted by atomic mass is 16.2. The van der Waals surface area contributed by atoms with Crippen LogP contribution in [0.5, 0.6) is 0 Å². The van der Waals surface area contributed by atoms with E-state index in [4.69, 9.17) is 0 Å². The molecule has 3 aliphatic rings. The number of hydrogen-bond acceptors (Lipinski definition) is 2. The minimum atomic E-state index is 0.393. The standard InChI is InChI=1S/C13H22N2O/c16-13(10-4-5-10)15(12-6-7-12)9-11-3-1-2-8-14-11/h10-12,14H,1-9H2. The number of rotatable bonds is 4. The number of nitrogens with zero attached hydrogens (tertiary/aromatic N) is 1. The number of carbonyl (C=O) groups is 1. The molecule has 1 heterocycles. The van der Waals surface area contributed by atoms with E-state index in [1.165, 1.54) is 32.1 Å². The summed E-state index contributed by atoms with van der Waals surface area (Å²) in [7, 11) is 0. The first-order valence-corrected chi connectivity index (χ1v) is 6.88. The molecule has 1 atom stereocenters. The second-order valence-electron chi connectivity index (χ2n) is 5.64. The smallest absolute Gasteiger partial charge is 0.225 e. The lowest BCUT2D eigenvalue weighted by molar-refractivity contribution is -0.133. The van der Waals surface area contributed by atoms with E-state index in [1.807, 2.05) is 0 Å². The summed E-state index contributed by atoms with van der Waals surface area (Å²) < 4.78 is 0. The second kappa shape index (κ2) is 4.36. The second-order valence-corrected chi connectivity index (χ2v) is 5.64. The van der Waals surface area contributed by atoms with Crippen LogP contribution >= 0.6 is 0 Å². The van der Waals surface area contributed by atoms with Crippen molar-refractivity contribution in [2.24, 2.45) is 5.92 Å². The number of piperidine rings is 1. The van der Waals surface area contributed by atoms with Crippen molar-refractivity contribution in [3.63, 3.8) is 0 Å². The topological polar surface area (TPSA) is 32.3 Å². The average molecular weight is 222 g/mol. The van der Waals surface area contributed by atoms with Gasteiger partial charge in [-0.3, -0.25) is 4.79 Å². The van der Waals surface area contributed by atoms with Crippen molar-refractivity contribution in [1.82, 2.24) is 10.2 Å². The van der Waals surface area contributed by atoms with E-state index in [9.17, 15) is 4.79 Å². The Hall–Kier alpha value is -0.570. The molecule has 3 fully saturated rings. The highest BCUT2D eigenvalue weighted by Crippen LogP contribution is 2.36. The molecular formula is C13H22N2O. The lowest BCUT2D eigenvalue weighted by Gasteiger charge is -2.31. The average Bonchev–Trinajstić information content (AvgIpc) is 3.19. The van der Waals surface area contributed by atoms with E-state index in [-0.39, 0.29) is 0 Å². The van der Waals surface area contributed by atoms with Crippen molar-refractivity contribution in [2.75, 3.05) is 13.1 Å². The van der Waals surface area contributed by atoms with Gasteiger partial charge in [-0.05, 0) is 45.1 Å². The van der Waals surface area contributed by atoms with Crippen LogP contribution in [0.2, 0.25) is 0 Å². The van der Waals surface area contributed by atoms with E-state index in [2.05, 4.69) is 10.2 Å². The Labute approximate surface area is 97.6 Å². The van der Waals surface area contributed by atoms with Crippen molar-refractivity contribution in [2.45, 2.75) is 57.0 Å². The van der Waals surface area contributed by atoms with E-state index in [1.54, 1.807) is 0 Å². The molecule has 1 amide bonds. The molecule has 1 N–H and O–H groups in total. The van der Waals surface area contributed by atoms with Crippen LogP contribution in [0.1, 0.15) is 44.9 Å². The quantitative estimate of drug-likeness (QED) is 0.782. The summed E-state index contributed by atoms with van der Waals surface area (Å²) in [5, 5.41) is 3.55. The van der Waals surface area contributed by atoms with Crippen molar-refractivity contribution >= 4 is 5.91 Å². The number of carbonyl (C=O) groups excluding carboxylic acids is 1. The molecule has 0 aromatic carbocycles. The predicted octanol–water partition coefficient (Wildman–Crippen LogP) is 1.53. The third-order valence-electron chi connectivity index (χ3n) is 4.03. The molecule has 3 heteroatoms. The van der Waals surface area contributed by atoms with Gasteiger partial charge in [0.25, 0.3) is 0 Å². The Morgan fingerprint density at radius 2 is 1.94 bits per heavy atom. The Kier molecular flexibility index (Phi) is 2.88. The molecule has 0 spiro atoms. The van der Waals surface area contributed by atoms with E-state index >= 15 is 0 Å². The van der Waals surface area contributed by atoms with Crippen LogP contribution in [0.15, 0.2) is 0 Å². The van der Waals surface area contributed by atoms with Gasteiger partial charge in [0.1, 0.15) is 0 Å². The molecule has 0 radical (unpaired) electrons. The summed E-state index contributed by atoms with van der Waals surface area (Å²) in [6, 6.07) is 1.16. The van der Waals surface area contributed by atoms with Gasteiger partial charge in [0.15, 0.2) is 0 Å². The Morgan fingerprint density at radius 3 is 2.50 bits per heavy atom. The Morgan fingerprint density at radius 1 is 1.12 bits per heavy atom. The van der Waals surface area contributed by atoms with Crippen LogP contribution < -0.4 is 5.32 Å². The Bertz CT molecular complexity index is 265. The summed E-state index contributed by atoms with van der Waals surface area (Å²) in [5.74, 6) is 0.846. The first-order chi connectivity index (χ1) is 7.84. The first-order valence-electron chi connectivity index (χ1n) is 6.88. The van der Waals surface area contributed by atoms with Gasteiger partial charge in [0, 0.05) is 24.5 Å². The maximum atomic E-state index is 12.2. The van der Waals surface area contributed by atoms with Crippen LogP contribution in [-0.2, 0) is 4.79 Å². The minimum absolute atomic E-state index is 0.393. The van der Waals surface area contributed by atoms with Gasteiger partial charge in [0.2, 0.25) is 5.91 Å². The predicted molar refractivity (Wildman–Crippen MR) is 63.1 cm³/mol. The number of nitrogens with one attached hydrogen (secondary N) is 1. The molecule has 16 heavy (non-hydrogen) atoms. The first kappa shape index (κ1) is 10.6. The Balaban J connectivity index is 1.57. The van der Waals surface area contributed by atoms with Crippen molar-refractivity contribution in [1.29, 1.82) is 0 Å². The molecule has 0 aromatic heterocycles. The number of amides is 1. The summed E-state index contributed by atoms with van der Waals surface area (Å²) in [6.07, 6.45) is 8.64. The molecule has 3 nitrogen and oxygen atoms in total. The van der Waals surface area contributed by atoms with Crippen molar-refractivity contribution in [3.05, 3.63) is 0 Å². The third kappa shape index (κ3) is 2.40. The molecule has 2 aliphatic carbocycles. The van der Waals surface area contributed by atoms with Gasteiger partial charge in [-0.15, -0.1) is 0 Å². The van der Waals surface area contributed by atoms with Crippen LogP contribution in [0, 0.1) is 5.92 Å². The highest BCUT2D eigenvalue weighted by molar-refractivity contribution is 5.81. The maximum absolute atomic E-state index is 12.2. The zero-order chi connectivity index (χ0) is 11.0. The monoisotopic (exact) mass is 222 g/mol. The van der Waals surface area contributed by atoms with Crippen LogP contribution in [0.4, 0.5) is 0 Å². The van der Waals surface area contributed by atoms with Crippen LogP contribution in [0.25, 0.3) is 0 Å². The molecule has 3 rings (SSSR count). The normalized spacial score (nSPS) is 30.1. The van der Waals surface area contributed by atoms with E-state index in [0.29, 0.717) is 23.9 Å². The van der Waals surface area contributed by atoms with Gasteiger partial charge in [-0.1, -0.05) is 6.42 Å². The largest absolute Gasteiger partial charge is 0.338 e. The summed E-state index contributed by atoms with van der Waals surface area (Å²) in [6.45, 7) is 2.11. The van der Waals surface area contributed by atoms with Gasteiger partial charge >= 0.3 is 0 Å². The summed E-state index contributed by atoms with van der Waals surface area (Å²) in [4.78, 5) is 14.4. The zero-order valence-corrected chi connectivity index (χ0v) is 9.95. The van der Waals surface area contributed by atoms with Gasteiger partial charge in [-0.2, -0.15) is 0 Å². The van der Waals surface area contributed by atoms with Gasteiger partial charge in [-0.25, -0.2) is 0 Å². The fourth-order valence-electron chi connectivity index (χ4n) is 2.69. The highest BCUT2D eigenvalue weighted by Gasteiger charge is 2.40. The molecule has 0 bridgehead atoms. The fraction of sp³-hybridized carbons (Fsp3) is 0.923. The lowest BCUT2D eigenvalue weighted by atomic mass is 10.0. The molecule has 1 aliphatic heterocycles. The van der Waals surface area contributed by atoms with Crippen LogP contribution in [0.3, 0.4) is 0 Å². The molecule has 1 unspecified atom stereocenters. The number of hydrogen-bond donors (Lipinski definition) is 1. The molecule has 0 aromatic rings. The van der Waals surface area contributed by atoms with Crippen molar-refractivity contribution < 1.29 is 4.79 Å². The van der Waals surface area contributed by atoms with Gasteiger partial charge in [0.05, 0.1) is 0 Å². The van der Waals surface area contributed by atoms with Crippen molar-refractivity contribution in [3.8, 4) is 0 Å². The SMILES string of the molecule is O=C(C1CC1)N(CC1CCCCN1)C1CC1. The lowest BCUT2D eigenvalue weighted by Crippen LogP contribution is -2.47. The molecule has 1 saturated heterocycles. The molecular weight excluding hydrogens is 200 g/mol. The molecule has 2 saturated carbocycles. The maximum Gasteiger partial charge on any atom is 0.225 e. The molecule has 90 valence electrons. The summed E-state index contributed by atoms with van der Waals surface area (Å²) in [5.41, 5.74) is 0. The minimum Gasteiger partial charge on any atom is -0.338 e. The van der Waals surface area contributed by atoms with E-state index in [0.717, 1.165) is 25.9 Å². The van der Waals surface area contributed by atoms with Crippen LogP contribution in [-0.4, -0.2) is 36.0 Å².